The van der Waals surface area contributed by atoms with Crippen LogP contribution in [-0.2, 0) is 0 Å². The van der Waals surface area contributed by atoms with Crippen molar-refractivity contribution in [2.75, 3.05) is 13.2 Å². The second kappa shape index (κ2) is 3.79. The van der Waals surface area contributed by atoms with Crippen molar-refractivity contribution in [3.8, 4) is 5.75 Å². The monoisotopic (exact) mass is 177 g/mol. The zero-order valence-corrected chi connectivity index (χ0v) is 7.92. The van der Waals surface area contributed by atoms with Crippen molar-refractivity contribution in [2.24, 2.45) is 0 Å². The Kier molecular flexibility index (Phi) is 2.50. The first kappa shape index (κ1) is 8.57. The Hall–Kier alpha value is -1.02. The zero-order valence-electron chi connectivity index (χ0n) is 7.92. The van der Waals surface area contributed by atoms with E-state index in [1.54, 1.807) is 0 Å². The van der Waals surface area contributed by atoms with Crippen molar-refractivity contribution in [2.45, 2.75) is 19.4 Å². The molecule has 0 saturated carbocycles. The lowest BCUT2D eigenvalue weighted by atomic mass is 10.1. The Balaban J connectivity index is 1.89. The van der Waals surface area contributed by atoms with Crippen LogP contribution in [0.4, 0.5) is 0 Å². The summed E-state index contributed by atoms with van der Waals surface area (Å²) < 4.78 is 5.68. The van der Waals surface area contributed by atoms with Crippen LogP contribution < -0.4 is 10.1 Å². The highest BCUT2D eigenvalue weighted by molar-refractivity contribution is 5.31. The highest BCUT2D eigenvalue weighted by Gasteiger charge is 2.16. The summed E-state index contributed by atoms with van der Waals surface area (Å²) in [5.41, 5.74) is 1.21. The van der Waals surface area contributed by atoms with Crippen LogP contribution in [0.5, 0.6) is 5.75 Å². The van der Waals surface area contributed by atoms with Gasteiger partial charge in [0, 0.05) is 6.04 Å². The SMILES string of the molecule is Cc1ccccc1OCC1CCN1. The van der Waals surface area contributed by atoms with Gasteiger partial charge in [0.05, 0.1) is 0 Å². The van der Waals surface area contributed by atoms with Crippen LogP contribution in [0.1, 0.15) is 12.0 Å². The van der Waals surface area contributed by atoms with Crippen LogP contribution >= 0.6 is 0 Å². The minimum Gasteiger partial charge on any atom is -0.492 e. The van der Waals surface area contributed by atoms with Gasteiger partial charge in [-0.1, -0.05) is 18.2 Å². The summed E-state index contributed by atoms with van der Waals surface area (Å²) in [6, 6.07) is 8.71. The third-order valence-corrected chi connectivity index (χ3v) is 2.46. The molecule has 0 radical (unpaired) electrons. The molecule has 1 aliphatic rings. The van der Waals surface area contributed by atoms with Crippen LogP contribution in [0.25, 0.3) is 0 Å². The van der Waals surface area contributed by atoms with Crippen LogP contribution in [-0.4, -0.2) is 19.2 Å². The molecule has 1 N–H and O–H groups in total. The molecule has 1 aliphatic heterocycles. The summed E-state index contributed by atoms with van der Waals surface area (Å²) in [5, 5.41) is 3.31. The molecule has 1 heterocycles. The van der Waals surface area contributed by atoms with Gasteiger partial charge in [0.2, 0.25) is 0 Å². The molecule has 1 fully saturated rings. The summed E-state index contributed by atoms with van der Waals surface area (Å²) in [6.45, 7) is 4.01. The average molecular weight is 177 g/mol. The second-order valence-corrected chi connectivity index (χ2v) is 3.52. The number of hydrogen-bond donors (Lipinski definition) is 1. The lowest BCUT2D eigenvalue weighted by Crippen LogP contribution is -2.46. The van der Waals surface area contributed by atoms with E-state index in [0.29, 0.717) is 6.04 Å². The van der Waals surface area contributed by atoms with E-state index in [-0.39, 0.29) is 0 Å². The lowest BCUT2D eigenvalue weighted by molar-refractivity contribution is 0.216. The molecule has 2 heteroatoms. The maximum atomic E-state index is 5.68. The normalized spacial score (nSPS) is 20.8. The van der Waals surface area contributed by atoms with Gasteiger partial charge in [-0.15, -0.1) is 0 Å². The number of rotatable bonds is 3. The molecule has 0 amide bonds. The molecule has 1 aromatic rings. The maximum Gasteiger partial charge on any atom is 0.122 e. The van der Waals surface area contributed by atoms with Crippen LogP contribution in [0, 0.1) is 6.92 Å². The second-order valence-electron chi connectivity index (χ2n) is 3.52. The van der Waals surface area contributed by atoms with Crippen LogP contribution in [0.2, 0.25) is 0 Å². The third-order valence-electron chi connectivity index (χ3n) is 2.46. The number of benzene rings is 1. The average Bonchev–Trinajstić information content (AvgIpc) is 2.05. The first-order valence-electron chi connectivity index (χ1n) is 4.78. The fourth-order valence-electron chi connectivity index (χ4n) is 1.40. The van der Waals surface area contributed by atoms with Crippen LogP contribution in [0.3, 0.4) is 0 Å². The first-order valence-corrected chi connectivity index (χ1v) is 4.78. The molecular formula is C11H15NO. The Bertz CT molecular complexity index is 281. The molecule has 0 aromatic heterocycles. The molecular weight excluding hydrogens is 162 g/mol. The van der Waals surface area contributed by atoms with E-state index in [1.165, 1.54) is 12.0 Å². The highest BCUT2D eigenvalue weighted by Crippen LogP contribution is 2.17. The predicted molar refractivity (Wildman–Crippen MR) is 53.1 cm³/mol. The van der Waals surface area contributed by atoms with E-state index in [0.717, 1.165) is 18.9 Å². The van der Waals surface area contributed by atoms with E-state index in [9.17, 15) is 0 Å². The molecule has 0 aliphatic carbocycles. The number of nitrogens with one attached hydrogen (secondary N) is 1. The minimum absolute atomic E-state index is 0.569. The topological polar surface area (TPSA) is 21.3 Å². The molecule has 2 rings (SSSR count). The van der Waals surface area contributed by atoms with Crippen molar-refractivity contribution in [3.63, 3.8) is 0 Å². The minimum atomic E-state index is 0.569. The predicted octanol–water partition coefficient (Wildman–Crippen LogP) is 1.74. The molecule has 13 heavy (non-hydrogen) atoms. The Labute approximate surface area is 78.9 Å². The number of aryl methyl sites for hydroxylation is 1. The molecule has 1 atom stereocenters. The van der Waals surface area contributed by atoms with Gasteiger partial charge in [0.15, 0.2) is 0 Å². The zero-order chi connectivity index (χ0) is 9.10. The molecule has 1 aromatic carbocycles. The lowest BCUT2D eigenvalue weighted by Gasteiger charge is -2.27. The molecule has 70 valence electrons. The summed E-state index contributed by atoms with van der Waals surface area (Å²) in [4.78, 5) is 0. The highest BCUT2D eigenvalue weighted by atomic mass is 16.5. The van der Waals surface area contributed by atoms with Crippen molar-refractivity contribution in [1.29, 1.82) is 0 Å². The Morgan fingerprint density at radius 2 is 2.23 bits per heavy atom. The van der Waals surface area contributed by atoms with Gasteiger partial charge in [-0.25, -0.2) is 0 Å². The van der Waals surface area contributed by atoms with Gasteiger partial charge >= 0.3 is 0 Å². The van der Waals surface area contributed by atoms with E-state index in [4.69, 9.17) is 4.74 Å². The fourth-order valence-corrected chi connectivity index (χ4v) is 1.40. The van der Waals surface area contributed by atoms with Gasteiger partial charge in [0.25, 0.3) is 0 Å². The van der Waals surface area contributed by atoms with E-state index in [2.05, 4.69) is 18.3 Å². The van der Waals surface area contributed by atoms with Crippen molar-refractivity contribution < 1.29 is 4.74 Å². The molecule has 2 nitrogen and oxygen atoms in total. The molecule has 0 bridgehead atoms. The number of hydrogen-bond acceptors (Lipinski definition) is 2. The summed E-state index contributed by atoms with van der Waals surface area (Å²) in [5.74, 6) is 1.01. The molecule has 1 unspecified atom stereocenters. The van der Waals surface area contributed by atoms with Gasteiger partial charge in [-0.2, -0.15) is 0 Å². The summed E-state index contributed by atoms with van der Waals surface area (Å²) in [6.07, 6.45) is 1.24. The molecule has 0 spiro atoms. The fraction of sp³-hybridized carbons (Fsp3) is 0.455. The van der Waals surface area contributed by atoms with Gasteiger partial charge < -0.3 is 10.1 Å². The van der Waals surface area contributed by atoms with Gasteiger partial charge in [-0.05, 0) is 31.5 Å². The van der Waals surface area contributed by atoms with Gasteiger partial charge in [0.1, 0.15) is 12.4 Å². The number of ether oxygens (including phenoxy) is 1. The smallest absolute Gasteiger partial charge is 0.122 e. The largest absolute Gasteiger partial charge is 0.492 e. The van der Waals surface area contributed by atoms with E-state index < -0.39 is 0 Å². The first-order chi connectivity index (χ1) is 6.36. The van der Waals surface area contributed by atoms with E-state index in [1.807, 2.05) is 18.2 Å². The number of para-hydroxylation sites is 1. The van der Waals surface area contributed by atoms with Crippen molar-refractivity contribution in [1.82, 2.24) is 5.32 Å². The summed E-state index contributed by atoms with van der Waals surface area (Å²) >= 11 is 0. The van der Waals surface area contributed by atoms with E-state index >= 15 is 0 Å². The van der Waals surface area contributed by atoms with Crippen molar-refractivity contribution in [3.05, 3.63) is 29.8 Å². The standard InChI is InChI=1S/C11H15NO/c1-9-4-2-3-5-11(9)13-8-10-6-7-12-10/h2-5,10,12H,6-8H2,1H3. The Morgan fingerprint density at radius 3 is 2.85 bits per heavy atom. The Morgan fingerprint density at radius 1 is 1.46 bits per heavy atom. The molecule has 1 saturated heterocycles. The van der Waals surface area contributed by atoms with Crippen molar-refractivity contribution >= 4 is 0 Å². The van der Waals surface area contributed by atoms with Crippen LogP contribution in [0.15, 0.2) is 24.3 Å². The quantitative estimate of drug-likeness (QED) is 0.759. The third kappa shape index (κ3) is 2.01. The maximum absolute atomic E-state index is 5.68. The summed E-state index contributed by atoms with van der Waals surface area (Å²) in [7, 11) is 0. The van der Waals surface area contributed by atoms with Gasteiger partial charge in [-0.3, -0.25) is 0 Å².